The highest BCUT2D eigenvalue weighted by atomic mass is 16.5. The fourth-order valence-corrected chi connectivity index (χ4v) is 2.41. The summed E-state index contributed by atoms with van der Waals surface area (Å²) in [7, 11) is 3.83. The van der Waals surface area contributed by atoms with Crippen LogP contribution in [0.1, 0.15) is 25.0 Å². The lowest BCUT2D eigenvalue weighted by Crippen LogP contribution is -2.22. The van der Waals surface area contributed by atoms with Crippen LogP contribution in [0.2, 0.25) is 0 Å². The minimum atomic E-state index is 0.478. The number of benzene rings is 2. The van der Waals surface area contributed by atoms with Crippen LogP contribution in [0.25, 0.3) is 0 Å². The molecule has 0 aliphatic carbocycles. The molecular weight excluding hydrogens is 272 g/mol. The summed E-state index contributed by atoms with van der Waals surface area (Å²) in [4.78, 5) is 2.22. The number of nitrogens with one attached hydrogen (secondary N) is 1. The Morgan fingerprint density at radius 3 is 2.41 bits per heavy atom. The molecule has 3 nitrogen and oxygen atoms in total. The Kier molecular flexibility index (Phi) is 5.84. The summed E-state index contributed by atoms with van der Waals surface area (Å²) >= 11 is 0. The molecule has 0 amide bonds. The van der Waals surface area contributed by atoms with Crippen LogP contribution in [-0.2, 0) is 13.1 Å². The summed E-state index contributed by atoms with van der Waals surface area (Å²) in [6.45, 7) is 6.02. The molecule has 0 spiro atoms. The highest BCUT2D eigenvalue weighted by molar-refractivity contribution is 5.59. The maximum Gasteiger partial charge on any atom is 0.142 e. The van der Waals surface area contributed by atoms with Crippen molar-refractivity contribution in [3.63, 3.8) is 0 Å². The predicted molar refractivity (Wildman–Crippen MR) is 93.5 cm³/mol. The largest absolute Gasteiger partial charge is 0.495 e. The summed E-state index contributed by atoms with van der Waals surface area (Å²) in [5, 5.41) is 3.43. The second-order valence-corrected chi connectivity index (χ2v) is 5.88. The molecule has 0 saturated heterocycles. The average molecular weight is 298 g/mol. The van der Waals surface area contributed by atoms with Gasteiger partial charge >= 0.3 is 0 Å². The molecule has 0 saturated carbocycles. The third kappa shape index (κ3) is 4.50. The normalized spacial score (nSPS) is 10.8. The van der Waals surface area contributed by atoms with Gasteiger partial charge in [0.05, 0.1) is 12.8 Å². The fraction of sp³-hybridized carbons (Fsp3) is 0.368. The second kappa shape index (κ2) is 7.85. The fourth-order valence-electron chi connectivity index (χ4n) is 2.41. The van der Waals surface area contributed by atoms with E-state index in [0.717, 1.165) is 24.5 Å². The molecule has 118 valence electrons. The molecule has 0 fully saturated rings. The number of ether oxygens (including phenoxy) is 1. The van der Waals surface area contributed by atoms with E-state index in [-0.39, 0.29) is 0 Å². The molecule has 0 aliphatic heterocycles. The third-order valence-corrected chi connectivity index (χ3v) is 3.63. The van der Waals surface area contributed by atoms with Crippen LogP contribution in [0.4, 0.5) is 5.69 Å². The van der Waals surface area contributed by atoms with E-state index in [4.69, 9.17) is 4.74 Å². The third-order valence-electron chi connectivity index (χ3n) is 3.63. The van der Waals surface area contributed by atoms with Gasteiger partial charge in [-0.2, -0.15) is 0 Å². The van der Waals surface area contributed by atoms with Crippen LogP contribution in [0.5, 0.6) is 5.75 Å². The molecule has 2 aromatic carbocycles. The van der Waals surface area contributed by atoms with Crippen molar-refractivity contribution in [2.45, 2.75) is 33.0 Å². The molecule has 0 radical (unpaired) electrons. The maximum absolute atomic E-state index is 5.58. The molecule has 1 N–H and O–H groups in total. The van der Waals surface area contributed by atoms with E-state index >= 15 is 0 Å². The molecule has 22 heavy (non-hydrogen) atoms. The smallest absolute Gasteiger partial charge is 0.142 e. The molecule has 0 bridgehead atoms. The Balaban J connectivity index is 2.12. The maximum atomic E-state index is 5.58. The van der Waals surface area contributed by atoms with Gasteiger partial charge in [0.2, 0.25) is 0 Å². The van der Waals surface area contributed by atoms with Crippen LogP contribution < -0.4 is 15.0 Å². The second-order valence-electron chi connectivity index (χ2n) is 5.88. The number of hydrogen-bond acceptors (Lipinski definition) is 3. The van der Waals surface area contributed by atoms with E-state index < -0.39 is 0 Å². The summed E-state index contributed by atoms with van der Waals surface area (Å²) in [5.74, 6) is 0.918. The summed E-state index contributed by atoms with van der Waals surface area (Å²) in [6.07, 6.45) is 0. The van der Waals surface area contributed by atoms with E-state index in [9.17, 15) is 0 Å². The Hall–Kier alpha value is -2.00. The lowest BCUT2D eigenvalue weighted by Gasteiger charge is -2.22. The van der Waals surface area contributed by atoms with Crippen molar-refractivity contribution in [2.75, 3.05) is 19.1 Å². The van der Waals surface area contributed by atoms with Gasteiger partial charge in [-0.3, -0.25) is 0 Å². The number of nitrogens with zero attached hydrogens (tertiary/aromatic N) is 1. The van der Waals surface area contributed by atoms with Gasteiger partial charge in [0.15, 0.2) is 0 Å². The van der Waals surface area contributed by atoms with Crippen molar-refractivity contribution in [1.82, 2.24) is 5.32 Å². The lowest BCUT2D eigenvalue weighted by atomic mass is 10.1. The zero-order chi connectivity index (χ0) is 15.9. The van der Waals surface area contributed by atoms with Crippen LogP contribution >= 0.6 is 0 Å². The van der Waals surface area contributed by atoms with Gasteiger partial charge in [0, 0.05) is 26.2 Å². The Labute approximate surface area is 133 Å². The predicted octanol–water partition coefficient (Wildman–Crippen LogP) is 3.83. The van der Waals surface area contributed by atoms with Gasteiger partial charge < -0.3 is 15.0 Å². The van der Waals surface area contributed by atoms with Crippen LogP contribution in [0, 0.1) is 0 Å². The first-order valence-corrected chi connectivity index (χ1v) is 7.75. The van der Waals surface area contributed by atoms with Gasteiger partial charge in [-0.25, -0.2) is 0 Å². The van der Waals surface area contributed by atoms with Crippen molar-refractivity contribution in [3.8, 4) is 5.75 Å². The standard InChI is InChI=1S/C19H26N2O/c1-15(2)20-13-17-10-11-18(19(12-17)22-4)21(3)14-16-8-6-5-7-9-16/h5-12,15,20H,13-14H2,1-4H3. The van der Waals surface area contributed by atoms with Crippen molar-refractivity contribution in [1.29, 1.82) is 0 Å². The minimum absolute atomic E-state index is 0.478. The van der Waals surface area contributed by atoms with Gasteiger partial charge in [0.1, 0.15) is 5.75 Å². The first-order valence-electron chi connectivity index (χ1n) is 7.75. The Bertz CT molecular complexity index is 581. The minimum Gasteiger partial charge on any atom is -0.495 e. The van der Waals surface area contributed by atoms with Gasteiger partial charge in [0.25, 0.3) is 0 Å². The van der Waals surface area contributed by atoms with Crippen molar-refractivity contribution >= 4 is 5.69 Å². The Morgan fingerprint density at radius 2 is 1.77 bits per heavy atom. The highest BCUT2D eigenvalue weighted by Crippen LogP contribution is 2.29. The first-order chi connectivity index (χ1) is 10.6. The Morgan fingerprint density at radius 1 is 1.05 bits per heavy atom. The number of anilines is 1. The SMILES string of the molecule is COc1cc(CNC(C)C)ccc1N(C)Cc1ccccc1. The zero-order valence-corrected chi connectivity index (χ0v) is 14.0. The molecule has 3 heteroatoms. The van der Waals surface area contributed by atoms with E-state index in [2.05, 4.69) is 73.6 Å². The molecule has 0 atom stereocenters. The molecule has 0 unspecified atom stereocenters. The summed E-state index contributed by atoms with van der Waals surface area (Å²) in [6, 6.07) is 17.4. The topological polar surface area (TPSA) is 24.5 Å². The quantitative estimate of drug-likeness (QED) is 0.841. The zero-order valence-electron chi connectivity index (χ0n) is 14.0. The number of methoxy groups -OCH3 is 1. The lowest BCUT2D eigenvalue weighted by molar-refractivity contribution is 0.414. The van der Waals surface area contributed by atoms with Gasteiger partial charge in [-0.05, 0) is 23.3 Å². The summed E-state index contributed by atoms with van der Waals surface area (Å²) < 4.78 is 5.58. The molecule has 2 aromatic rings. The molecule has 2 rings (SSSR count). The molecule has 0 aliphatic rings. The molecular formula is C19H26N2O. The van der Waals surface area contributed by atoms with Gasteiger partial charge in [-0.1, -0.05) is 50.2 Å². The van der Waals surface area contributed by atoms with Crippen molar-refractivity contribution in [2.24, 2.45) is 0 Å². The van der Waals surface area contributed by atoms with E-state index in [1.807, 2.05) is 6.07 Å². The highest BCUT2D eigenvalue weighted by Gasteiger charge is 2.10. The molecule has 0 aromatic heterocycles. The van der Waals surface area contributed by atoms with E-state index in [1.54, 1.807) is 7.11 Å². The van der Waals surface area contributed by atoms with Gasteiger partial charge in [-0.15, -0.1) is 0 Å². The first kappa shape index (κ1) is 16.4. The number of hydrogen-bond donors (Lipinski definition) is 1. The average Bonchev–Trinajstić information content (AvgIpc) is 2.53. The monoisotopic (exact) mass is 298 g/mol. The van der Waals surface area contributed by atoms with Crippen LogP contribution in [0.15, 0.2) is 48.5 Å². The molecule has 0 heterocycles. The van der Waals surface area contributed by atoms with E-state index in [1.165, 1.54) is 11.1 Å². The number of rotatable bonds is 7. The van der Waals surface area contributed by atoms with Crippen LogP contribution in [-0.4, -0.2) is 20.2 Å². The van der Waals surface area contributed by atoms with E-state index in [0.29, 0.717) is 6.04 Å². The van der Waals surface area contributed by atoms with Crippen LogP contribution in [0.3, 0.4) is 0 Å². The van der Waals surface area contributed by atoms with Crippen molar-refractivity contribution < 1.29 is 4.74 Å². The summed E-state index contributed by atoms with van der Waals surface area (Å²) in [5.41, 5.74) is 3.64. The van der Waals surface area contributed by atoms with Crippen molar-refractivity contribution in [3.05, 3.63) is 59.7 Å².